The van der Waals surface area contributed by atoms with Crippen LogP contribution in [0, 0.1) is 0 Å². The van der Waals surface area contributed by atoms with Crippen LogP contribution < -0.4 is 5.32 Å². The second-order valence-electron chi connectivity index (χ2n) is 4.13. The van der Waals surface area contributed by atoms with Crippen LogP contribution in [0.5, 0.6) is 11.5 Å². The lowest BCUT2D eigenvalue weighted by Gasteiger charge is -2.19. The number of rotatable bonds is 2. The van der Waals surface area contributed by atoms with E-state index in [1.807, 2.05) is 6.08 Å². The first-order valence-electron chi connectivity index (χ1n) is 5.65. The van der Waals surface area contributed by atoms with Crippen LogP contribution in [0.3, 0.4) is 0 Å². The second-order valence-corrected chi connectivity index (χ2v) is 4.13. The van der Waals surface area contributed by atoms with Crippen molar-refractivity contribution in [3.05, 3.63) is 35.9 Å². The van der Waals surface area contributed by atoms with Crippen LogP contribution in [0.1, 0.15) is 29.6 Å². The summed E-state index contributed by atoms with van der Waals surface area (Å²) in [4.78, 5) is 11.9. The van der Waals surface area contributed by atoms with E-state index in [9.17, 15) is 15.0 Å². The number of amides is 1. The van der Waals surface area contributed by atoms with Crippen molar-refractivity contribution in [1.29, 1.82) is 0 Å². The van der Waals surface area contributed by atoms with Gasteiger partial charge in [0.05, 0.1) is 5.56 Å². The molecule has 17 heavy (non-hydrogen) atoms. The van der Waals surface area contributed by atoms with Gasteiger partial charge in [-0.15, -0.1) is 0 Å². The van der Waals surface area contributed by atoms with E-state index in [0.29, 0.717) is 0 Å². The average Bonchev–Trinajstić information content (AvgIpc) is 2.34. The maximum absolute atomic E-state index is 11.9. The summed E-state index contributed by atoms with van der Waals surface area (Å²) >= 11 is 0. The number of nitrogens with one attached hydrogen (secondary N) is 1. The number of para-hydroxylation sites is 1. The van der Waals surface area contributed by atoms with Gasteiger partial charge in [-0.25, -0.2) is 0 Å². The lowest BCUT2D eigenvalue weighted by molar-refractivity contribution is 0.0931. The fourth-order valence-electron chi connectivity index (χ4n) is 1.90. The predicted molar refractivity (Wildman–Crippen MR) is 64.0 cm³/mol. The first kappa shape index (κ1) is 11.5. The summed E-state index contributed by atoms with van der Waals surface area (Å²) in [5.41, 5.74) is 0.111. The summed E-state index contributed by atoms with van der Waals surface area (Å²) in [6.07, 6.45) is 6.80. The molecule has 2 rings (SSSR count). The molecule has 0 aromatic heterocycles. The Morgan fingerprint density at radius 2 is 2.12 bits per heavy atom. The van der Waals surface area contributed by atoms with Crippen molar-refractivity contribution >= 4 is 5.91 Å². The maximum Gasteiger partial charge on any atom is 0.255 e. The summed E-state index contributed by atoms with van der Waals surface area (Å²) in [5.74, 6) is -0.990. The Bertz CT molecular complexity index is 454. The van der Waals surface area contributed by atoms with Crippen molar-refractivity contribution in [2.45, 2.75) is 25.3 Å². The van der Waals surface area contributed by atoms with Crippen LogP contribution in [-0.2, 0) is 0 Å². The van der Waals surface area contributed by atoms with E-state index in [0.717, 1.165) is 19.3 Å². The molecule has 90 valence electrons. The Balaban J connectivity index is 2.09. The van der Waals surface area contributed by atoms with Crippen LogP contribution in [0.25, 0.3) is 0 Å². The van der Waals surface area contributed by atoms with Crippen molar-refractivity contribution in [3.8, 4) is 11.5 Å². The number of carbonyl (C=O) groups is 1. The molecule has 1 aromatic carbocycles. The fourth-order valence-corrected chi connectivity index (χ4v) is 1.90. The Morgan fingerprint density at radius 3 is 2.82 bits per heavy atom. The number of benzene rings is 1. The van der Waals surface area contributed by atoms with Crippen molar-refractivity contribution in [3.63, 3.8) is 0 Å². The summed E-state index contributed by atoms with van der Waals surface area (Å²) in [5, 5.41) is 21.7. The lowest BCUT2D eigenvalue weighted by atomic mass is 10.0. The number of hydrogen-bond acceptors (Lipinski definition) is 3. The third-order valence-corrected chi connectivity index (χ3v) is 2.86. The fraction of sp³-hybridized carbons (Fsp3) is 0.308. The quantitative estimate of drug-likeness (QED) is 0.540. The highest BCUT2D eigenvalue weighted by atomic mass is 16.3. The van der Waals surface area contributed by atoms with Crippen molar-refractivity contribution < 1.29 is 15.0 Å². The molecule has 0 radical (unpaired) electrons. The minimum Gasteiger partial charge on any atom is -0.504 e. The molecule has 1 aliphatic carbocycles. The van der Waals surface area contributed by atoms with Crippen LogP contribution in [-0.4, -0.2) is 22.2 Å². The molecule has 0 fully saturated rings. The molecular weight excluding hydrogens is 218 g/mol. The van der Waals surface area contributed by atoms with Gasteiger partial charge in [0.25, 0.3) is 5.91 Å². The molecule has 4 heteroatoms. The number of carbonyl (C=O) groups excluding carboxylic acids is 1. The Labute approximate surface area is 99.6 Å². The summed E-state index contributed by atoms with van der Waals surface area (Å²) in [6, 6.07) is 4.47. The van der Waals surface area contributed by atoms with Crippen LogP contribution >= 0.6 is 0 Å². The molecule has 4 nitrogen and oxygen atoms in total. The SMILES string of the molecule is O=C(NC1CC=CCC1)c1cccc(O)c1O. The summed E-state index contributed by atoms with van der Waals surface area (Å²) in [6.45, 7) is 0. The van der Waals surface area contributed by atoms with Crippen LogP contribution in [0.4, 0.5) is 0 Å². The zero-order chi connectivity index (χ0) is 12.3. The third-order valence-electron chi connectivity index (χ3n) is 2.86. The average molecular weight is 233 g/mol. The minimum absolute atomic E-state index is 0.106. The van der Waals surface area contributed by atoms with Crippen LogP contribution in [0.2, 0.25) is 0 Å². The zero-order valence-corrected chi connectivity index (χ0v) is 9.39. The molecule has 0 saturated heterocycles. The van der Waals surface area contributed by atoms with Gasteiger partial charge in [0, 0.05) is 6.04 Å². The first-order chi connectivity index (χ1) is 8.18. The van der Waals surface area contributed by atoms with E-state index < -0.39 is 0 Å². The van der Waals surface area contributed by atoms with Crippen molar-refractivity contribution in [2.75, 3.05) is 0 Å². The van der Waals surface area contributed by atoms with E-state index in [1.165, 1.54) is 18.2 Å². The Hall–Kier alpha value is -1.97. The molecular formula is C13H15NO3. The highest BCUT2D eigenvalue weighted by Gasteiger charge is 2.18. The van der Waals surface area contributed by atoms with Gasteiger partial charge >= 0.3 is 0 Å². The van der Waals surface area contributed by atoms with E-state index in [-0.39, 0.29) is 29.0 Å². The number of aromatic hydroxyl groups is 2. The van der Waals surface area contributed by atoms with Gasteiger partial charge in [0.15, 0.2) is 11.5 Å². The number of phenols is 2. The van der Waals surface area contributed by atoms with Crippen LogP contribution in [0.15, 0.2) is 30.4 Å². The normalized spacial score (nSPS) is 18.9. The van der Waals surface area contributed by atoms with E-state index in [2.05, 4.69) is 11.4 Å². The number of allylic oxidation sites excluding steroid dienone is 1. The molecule has 0 spiro atoms. The number of hydrogen-bond donors (Lipinski definition) is 3. The van der Waals surface area contributed by atoms with Gasteiger partial charge < -0.3 is 15.5 Å². The molecule has 0 aliphatic heterocycles. The molecule has 1 aromatic rings. The molecule has 3 N–H and O–H groups in total. The van der Waals surface area contributed by atoms with Gasteiger partial charge in [-0.1, -0.05) is 18.2 Å². The first-order valence-corrected chi connectivity index (χ1v) is 5.65. The molecule has 1 unspecified atom stereocenters. The molecule has 0 heterocycles. The Morgan fingerprint density at radius 1 is 1.29 bits per heavy atom. The van der Waals surface area contributed by atoms with Gasteiger partial charge in [-0.3, -0.25) is 4.79 Å². The smallest absolute Gasteiger partial charge is 0.255 e. The third kappa shape index (κ3) is 2.58. The molecule has 1 atom stereocenters. The van der Waals surface area contributed by atoms with E-state index in [4.69, 9.17) is 0 Å². The molecule has 1 amide bonds. The van der Waals surface area contributed by atoms with Crippen molar-refractivity contribution in [2.24, 2.45) is 0 Å². The monoisotopic (exact) mass is 233 g/mol. The highest BCUT2D eigenvalue weighted by Crippen LogP contribution is 2.28. The molecule has 0 bridgehead atoms. The molecule has 0 saturated carbocycles. The number of phenolic OH excluding ortho intramolecular Hbond substituents is 2. The van der Waals surface area contributed by atoms with Crippen molar-refractivity contribution in [1.82, 2.24) is 5.32 Å². The van der Waals surface area contributed by atoms with Gasteiger partial charge in [-0.2, -0.15) is 0 Å². The predicted octanol–water partition coefficient (Wildman–Crippen LogP) is 1.94. The topological polar surface area (TPSA) is 69.6 Å². The van der Waals surface area contributed by atoms with E-state index >= 15 is 0 Å². The highest BCUT2D eigenvalue weighted by molar-refractivity contribution is 5.97. The van der Waals surface area contributed by atoms with Gasteiger partial charge in [0.1, 0.15) is 0 Å². The standard InChI is InChI=1S/C13H15NO3/c15-11-8-4-7-10(12(11)16)13(17)14-9-5-2-1-3-6-9/h1-2,4,7-9,15-16H,3,5-6H2,(H,14,17). The minimum atomic E-state index is -0.364. The summed E-state index contributed by atoms with van der Waals surface area (Å²) < 4.78 is 0. The van der Waals surface area contributed by atoms with Gasteiger partial charge in [0.2, 0.25) is 0 Å². The summed E-state index contributed by atoms with van der Waals surface area (Å²) in [7, 11) is 0. The maximum atomic E-state index is 11.9. The lowest BCUT2D eigenvalue weighted by Crippen LogP contribution is -2.35. The second kappa shape index (κ2) is 4.91. The van der Waals surface area contributed by atoms with E-state index in [1.54, 1.807) is 0 Å². The van der Waals surface area contributed by atoms with Gasteiger partial charge in [-0.05, 0) is 31.4 Å². The Kier molecular flexibility index (Phi) is 3.32. The zero-order valence-electron chi connectivity index (χ0n) is 9.39. The molecule has 1 aliphatic rings. The largest absolute Gasteiger partial charge is 0.504 e.